The van der Waals surface area contributed by atoms with Gasteiger partial charge in [-0.1, -0.05) is 39.9 Å². The fourth-order valence-corrected chi connectivity index (χ4v) is 3.72. The number of halogens is 1. The molecule has 1 aromatic carbocycles. The number of thiocarbonyl (C=S) groups is 1. The molecular weight excluding hydrogens is 462 g/mol. The zero-order valence-corrected chi connectivity index (χ0v) is 17.4. The van der Waals surface area contributed by atoms with E-state index in [0.29, 0.717) is 21.5 Å². The van der Waals surface area contributed by atoms with Gasteiger partial charge in [0.1, 0.15) is 10.9 Å². The number of methoxy groups -OCH3 is 2. The van der Waals surface area contributed by atoms with Gasteiger partial charge in [-0.25, -0.2) is 4.79 Å². The standard InChI is InChI=1S/C16H14BrNO7S2/c1-23-10-3-8(9(17)5-11(10)25-7-14(21)24-2)4-12-15(22)18(6-13(19)20)16(26)27-12/h3-5H,6-7H2,1-2H3,(H,19,20)/b12-4-. The number of aliphatic carboxylic acids is 1. The van der Waals surface area contributed by atoms with E-state index in [1.54, 1.807) is 18.2 Å². The van der Waals surface area contributed by atoms with Crippen molar-refractivity contribution in [1.82, 2.24) is 4.90 Å². The quantitative estimate of drug-likeness (QED) is 0.361. The predicted molar refractivity (Wildman–Crippen MR) is 106 cm³/mol. The molecule has 0 atom stereocenters. The van der Waals surface area contributed by atoms with Crippen molar-refractivity contribution in [1.29, 1.82) is 0 Å². The van der Waals surface area contributed by atoms with Crippen LogP contribution in [0.5, 0.6) is 11.5 Å². The van der Waals surface area contributed by atoms with Crippen LogP contribution >= 0.6 is 39.9 Å². The number of carboxylic acid groups (broad SMARTS) is 1. The summed E-state index contributed by atoms with van der Waals surface area (Å²) < 4.78 is 15.9. The van der Waals surface area contributed by atoms with E-state index in [4.69, 9.17) is 26.8 Å². The van der Waals surface area contributed by atoms with E-state index in [2.05, 4.69) is 20.7 Å². The van der Waals surface area contributed by atoms with Gasteiger partial charge in [0.15, 0.2) is 18.1 Å². The Morgan fingerprint density at radius 2 is 2.04 bits per heavy atom. The molecule has 1 aromatic rings. The second-order valence-corrected chi connectivity index (χ2v) is 7.58. The molecule has 8 nitrogen and oxygen atoms in total. The van der Waals surface area contributed by atoms with E-state index in [9.17, 15) is 14.4 Å². The van der Waals surface area contributed by atoms with Crippen molar-refractivity contribution in [2.45, 2.75) is 0 Å². The number of hydrogen-bond acceptors (Lipinski definition) is 8. The molecule has 1 amide bonds. The molecule has 1 aliphatic heterocycles. The van der Waals surface area contributed by atoms with Crippen LogP contribution in [0.25, 0.3) is 6.08 Å². The summed E-state index contributed by atoms with van der Waals surface area (Å²) in [6, 6.07) is 3.20. The van der Waals surface area contributed by atoms with Crippen molar-refractivity contribution in [2.75, 3.05) is 27.4 Å². The zero-order valence-electron chi connectivity index (χ0n) is 14.2. The van der Waals surface area contributed by atoms with E-state index in [0.717, 1.165) is 16.7 Å². The highest BCUT2D eigenvalue weighted by molar-refractivity contribution is 9.10. The molecule has 144 valence electrons. The van der Waals surface area contributed by atoms with E-state index in [1.165, 1.54) is 14.2 Å². The second kappa shape index (κ2) is 9.20. The highest BCUT2D eigenvalue weighted by atomic mass is 79.9. The number of carbonyl (C=O) groups is 3. The molecule has 2 rings (SSSR count). The van der Waals surface area contributed by atoms with Crippen molar-refractivity contribution in [3.05, 3.63) is 27.1 Å². The monoisotopic (exact) mass is 475 g/mol. The first-order valence-electron chi connectivity index (χ1n) is 7.31. The van der Waals surface area contributed by atoms with Gasteiger partial charge in [-0.05, 0) is 23.8 Å². The number of carboxylic acids is 1. The lowest BCUT2D eigenvalue weighted by molar-refractivity contribution is -0.143. The summed E-state index contributed by atoms with van der Waals surface area (Å²) in [5.41, 5.74) is 0.591. The molecule has 0 unspecified atom stereocenters. The van der Waals surface area contributed by atoms with E-state index >= 15 is 0 Å². The number of thioether (sulfide) groups is 1. The van der Waals surface area contributed by atoms with Crippen molar-refractivity contribution in [2.24, 2.45) is 0 Å². The minimum Gasteiger partial charge on any atom is -0.493 e. The molecule has 1 heterocycles. The summed E-state index contributed by atoms with van der Waals surface area (Å²) in [6.07, 6.45) is 1.57. The van der Waals surface area contributed by atoms with Crippen LogP contribution in [0.15, 0.2) is 21.5 Å². The van der Waals surface area contributed by atoms with Crippen LogP contribution in [0.3, 0.4) is 0 Å². The molecule has 1 N–H and O–H groups in total. The first-order valence-corrected chi connectivity index (χ1v) is 9.33. The van der Waals surface area contributed by atoms with Gasteiger partial charge in [-0.2, -0.15) is 0 Å². The Hall–Kier alpha value is -2.11. The molecule has 0 spiro atoms. The van der Waals surface area contributed by atoms with E-state index in [-0.39, 0.29) is 15.8 Å². The molecule has 1 aliphatic rings. The SMILES string of the molecule is COC(=O)COc1cc(Br)c(/C=C2\SC(=S)N(CC(=O)O)C2=O)cc1OC. The third-order valence-corrected chi connectivity index (χ3v) is 5.37. The molecule has 11 heteroatoms. The minimum absolute atomic E-state index is 0.176. The van der Waals surface area contributed by atoms with Crippen molar-refractivity contribution < 1.29 is 33.7 Å². The summed E-state index contributed by atoms with van der Waals surface area (Å²) in [4.78, 5) is 35.8. The number of esters is 1. The van der Waals surface area contributed by atoms with Crippen LogP contribution in [-0.4, -0.2) is 59.5 Å². The van der Waals surface area contributed by atoms with Crippen molar-refractivity contribution >= 4 is 68.2 Å². The van der Waals surface area contributed by atoms with Crippen molar-refractivity contribution in [3.63, 3.8) is 0 Å². The van der Waals surface area contributed by atoms with Gasteiger partial charge < -0.3 is 19.3 Å². The molecule has 1 saturated heterocycles. The smallest absolute Gasteiger partial charge is 0.343 e. The lowest BCUT2D eigenvalue weighted by atomic mass is 10.2. The van der Waals surface area contributed by atoms with Gasteiger partial charge in [0.25, 0.3) is 5.91 Å². The van der Waals surface area contributed by atoms with E-state index < -0.39 is 24.4 Å². The van der Waals surface area contributed by atoms with Crippen LogP contribution in [-0.2, 0) is 19.1 Å². The number of rotatable bonds is 7. The van der Waals surface area contributed by atoms with Gasteiger partial charge in [0.05, 0.1) is 19.1 Å². The molecule has 0 bridgehead atoms. The Labute approximate surface area is 172 Å². The van der Waals surface area contributed by atoms with Gasteiger partial charge in [-0.15, -0.1) is 0 Å². The van der Waals surface area contributed by atoms with Gasteiger partial charge in [0.2, 0.25) is 0 Å². The molecule has 27 heavy (non-hydrogen) atoms. The number of amides is 1. The average Bonchev–Trinajstić information content (AvgIpc) is 2.88. The van der Waals surface area contributed by atoms with Crippen molar-refractivity contribution in [3.8, 4) is 11.5 Å². The predicted octanol–water partition coefficient (Wildman–Crippen LogP) is 2.30. The fourth-order valence-electron chi connectivity index (χ4n) is 2.04. The number of hydrogen-bond donors (Lipinski definition) is 1. The third-order valence-electron chi connectivity index (χ3n) is 3.31. The summed E-state index contributed by atoms with van der Waals surface area (Å²) in [5, 5.41) is 8.88. The Morgan fingerprint density at radius 1 is 1.33 bits per heavy atom. The first kappa shape index (κ1) is 21.2. The van der Waals surface area contributed by atoms with Crippen LogP contribution in [0.4, 0.5) is 0 Å². The summed E-state index contributed by atoms with van der Waals surface area (Å²) >= 11 is 9.45. The normalized spacial score (nSPS) is 15.2. The number of nitrogens with zero attached hydrogens (tertiary/aromatic N) is 1. The minimum atomic E-state index is -1.15. The number of ether oxygens (including phenoxy) is 3. The lowest BCUT2D eigenvalue weighted by Crippen LogP contribution is -2.33. The van der Waals surface area contributed by atoms with Crippen LogP contribution in [0, 0.1) is 0 Å². The Bertz CT molecular complexity index is 840. The molecule has 0 saturated carbocycles. The van der Waals surface area contributed by atoms with Crippen LogP contribution in [0.2, 0.25) is 0 Å². The van der Waals surface area contributed by atoms with Gasteiger partial charge >= 0.3 is 11.9 Å². The Kier molecular flexibility index (Phi) is 7.22. The molecule has 0 aliphatic carbocycles. The highest BCUT2D eigenvalue weighted by Crippen LogP contribution is 2.38. The van der Waals surface area contributed by atoms with Gasteiger partial charge in [0, 0.05) is 4.47 Å². The summed E-state index contributed by atoms with van der Waals surface area (Å²) in [5.74, 6) is -1.52. The molecule has 1 fully saturated rings. The average molecular weight is 476 g/mol. The number of carbonyl (C=O) groups excluding carboxylic acids is 2. The highest BCUT2D eigenvalue weighted by Gasteiger charge is 2.33. The molecular formula is C16H14BrNO7S2. The summed E-state index contributed by atoms with van der Waals surface area (Å²) in [7, 11) is 2.69. The maximum Gasteiger partial charge on any atom is 0.343 e. The Balaban J connectivity index is 2.30. The second-order valence-electron chi connectivity index (χ2n) is 5.05. The maximum atomic E-state index is 12.4. The maximum absolute atomic E-state index is 12.4. The third kappa shape index (κ3) is 5.21. The number of benzene rings is 1. The topological polar surface area (TPSA) is 102 Å². The first-order chi connectivity index (χ1) is 12.8. The zero-order chi connectivity index (χ0) is 20.1. The molecule has 0 radical (unpaired) electrons. The van der Waals surface area contributed by atoms with E-state index in [1.807, 2.05) is 0 Å². The lowest BCUT2D eigenvalue weighted by Gasteiger charge is -2.12. The van der Waals surface area contributed by atoms with Crippen LogP contribution < -0.4 is 9.47 Å². The van der Waals surface area contributed by atoms with Crippen LogP contribution in [0.1, 0.15) is 5.56 Å². The molecule has 0 aromatic heterocycles. The van der Waals surface area contributed by atoms with Gasteiger partial charge in [-0.3, -0.25) is 14.5 Å². The largest absolute Gasteiger partial charge is 0.493 e. The summed E-state index contributed by atoms with van der Waals surface area (Å²) in [6.45, 7) is -0.778. The fraction of sp³-hybridized carbons (Fsp3) is 0.250. The Morgan fingerprint density at radius 3 is 2.63 bits per heavy atom.